The second kappa shape index (κ2) is 8.24. The molecule has 1 rings (SSSR count). The van der Waals surface area contributed by atoms with E-state index in [0.717, 1.165) is 6.42 Å². The smallest absolute Gasteiger partial charge is 0.130 e. The van der Waals surface area contributed by atoms with Crippen molar-refractivity contribution in [2.45, 2.75) is 26.7 Å². The van der Waals surface area contributed by atoms with Gasteiger partial charge in [0.2, 0.25) is 0 Å². The third-order valence-corrected chi connectivity index (χ3v) is 1.61. The van der Waals surface area contributed by atoms with Crippen LogP contribution in [-0.4, -0.2) is 5.78 Å². The molecule has 0 atom stereocenters. The van der Waals surface area contributed by atoms with Crippen LogP contribution in [0.3, 0.4) is 0 Å². The molecule has 0 saturated carbocycles. The molecule has 0 aliphatic carbocycles. The third-order valence-electron chi connectivity index (χ3n) is 1.61. The lowest BCUT2D eigenvalue weighted by atomic mass is 10.1. The van der Waals surface area contributed by atoms with Crippen molar-refractivity contribution in [1.82, 2.24) is 0 Å². The van der Waals surface area contributed by atoms with E-state index in [1.54, 1.807) is 13.0 Å². The summed E-state index contributed by atoms with van der Waals surface area (Å²) < 4.78 is 0. The van der Waals surface area contributed by atoms with E-state index in [0.29, 0.717) is 6.42 Å². The summed E-state index contributed by atoms with van der Waals surface area (Å²) in [5, 5.41) is 0. The summed E-state index contributed by atoms with van der Waals surface area (Å²) in [5.74, 6) is 0.258. The van der Waals surface area contributed by atoms with E-state index in [-0.39, 0.29) is 5.78 Å². The first-order chi connectivity index (χ1) is 6.70. The number of carbonyl (C=O) groups is 1. The van der Waals surface area contributed by atoms with E-state index in [4.69, 9.17) is 0 Å². The number of carbonyl (C=O) groups excluding carboxylic acids is 1. The third kappa shape index (κ3) is 7.29. The molecule has 0 fully saturated rings. The molecule has 0 aromatic heterocycles. The highest BCUT2D eigenvalue weighted by Gasteiger charge is 1.94. The molecule has 0 aliphatic rings. The molecule has 14 heavy (non-hydrogen) atoms. The fourth-order valence-corrected chi connectivity index (χ4v) is 0.965. The largest absolute Gasteiger partial charge is 0.300 e. The minimum absolute atomic E-state index is 0.258. The molecule has 1 aromatic carbocycles. The first-order valence-electron chi connectivity index (χ1n) is 4.81. The van der Waals surface area contributed by atoms with Gasteiger partial charge < -0.3 is 4.79 Å². The van der Waals surface area contributed by atoms with Crippen LogP contribution in [0, 0.1) is 0 Å². The van der Waals surface area contributed by atoms with Gasteiger partial charge in [0.05, 0.1) is 0 Å². The Hall–Kier alpha value is -1.37. The summed E-state index contributed by atoms with van der Waals surface area (Å²) in [6, 6.07) is 10.1. The average Bonchev–Trinajstić information content (AvgIpc) is 2.18. The lowest BCUT2D eigenvalue weighted by Crippen LogP contribution is -1.92. The Morgan fingerprint density at radius 2 is 1.86 bits per heavy atom. The van der Waals surface area contributed by atoms with Crippen LogP contribution in [0.25, 0.3) is 0 Å². The topological polar surface area (TPSA) is 17.1 Å². The van der Waals surface area contributed by atoms with Crippen LogP contribution in [0.15, 0.2) is 43.0 Å². The van der Waals surface area contributed by atoms with Gasteiger partial charge in [-0.3, -0.25) is 0 Å². The number of benzene rings is 1. The van der Waals surface area contributed by atoms with Crippen molar-refractivity contribution < 1.29 is 4.79 Å². The number of Topliss-reactive ketones (excluding diaryl/α,β-unsaturated/α-hetero) is 1. The molecule has 0 N–H and O–H groups in total. The fraction of sp³-hybridized carbons (Fsp3) is 0.308. The highest BCUT2D eigenvalue weighted by Crippen LogP contribution is 2.01. The number of hydrogen-bond acceptors (Lipinski definition) is 1. The Labute approximate surface area is 86.5 Å². The van der Waals surface area contributed by atoms with Crippen LogP contribution in [0.5, 0.6) is 0 Å². The zero-order chi connectivity index (χ0) is 10.8. The summed E-state index contributed by atoms with van der Waals surface area (Å²) in [7, 11) is 0. The van der Waals surface area contributed by atoms with Gasteiger partial charge in [0.1, 0.15) is 5.78 Å². The monoisotopic (exact) mass is 190 g/mol. The van der Waals surface area contributed by atoms with Crippen molar-refractivity contribution in [3.8, 4) is 0 Å². The zero-order valence-electron chi connectivity index (χ0n) is 8.99. The Morgan fingerprint density at radius 3 is 2.29 bits per heavy atom. The summed E-state index contributed by atoms with van der Waals surface area (Å²) in [6.45, 7) is 6.88. The molecule has 1 aromatic rings. The molecule has 1 nitrogen and oxygen atoms in total. The highest BCUT2D eigenvalue weighted by atomic mass is 16.1. The Morgan fingerprint density at radius 1 is 1.36 bits per heavy atom. The average molecular weight is 190 g/mol. The maximum atomic E-state index is 10.6. The second-order valence-corrected chi connectivity index (χ2v) is 3.10. The molecule has 0 spiro atoms. The number of rotatable bonds is 3. The molecule has 0 radical (unpaired) electrons. The van der Waals surface area contributed by atoms with Crippen molar-refractivity contribution in [3.63, 3.8) is 0 Å². The summed E-state index contributed by atoms with van der Waals surface area (Å²) >= 11 is 0. The Bertz CT molecular complexity index is 262. The Kier molecular flexibility index (Phi) is 7.43. The van der Waals surface area contributed by atoms with Crippen LogP contribution in [0.4, 0.5) is 0 Å². The van der Waals surface area contributed by atoms with E-state index in [9.17, 15) is 4.79 Å². The molecule has 0 bridgehead atoms. The lowest BCUT2D eigenvalue weighted by Gasteiger charge is -1.96. The fourth-order valence-electron chi connectivity index (χ4n) is 0.965. The maximum absolute atomic E-state index is 10.6. The van der Waals surface area contributed by atoms with Gasteiger partial charge in [0, 0.05) is 6.42 Å². The normalized spacial score (nSPS) is 8.43. The van der Waals surface area contributed by atoms with E-state index in [1.807, 2.05) is 37.3 Å². The van der Waals surface area contributed by atoms with Gasteiger partial charge in [0.15, 0.2) is 0 Å². The van der Waals surface area contributed by atoms with Gasteiger partial charge >= 0.3 is 0 Å². The minimum atomic E-state index is 0.258. The highest BCUT2D eigenvalue weighted by molar-refractivity contribution is 5.75. The van der Waals surface area contributed by atoms with E-state index in [1.165, 1.54) is 5.56 Å². The van der Waals surface area contributed by atoms with Gasteiger partial charge in [-0.1, -0.05) is 36.4 Å². The SMILES string of the molecule is C=CC.CC(=O)CCc1ccccc1. The summed E-state index contributed by atoms with van der Waals surface area (Å²) in [6.07, 6.45) is 3.28. The molecule has 76 valence electrons. The van der Waals surface area contributed by atoms with Gasteiger partial charge in [-0.25, -0.2) is 0 Å². The predicted octanol–water partition coefficient (Wildman–Crippen LogP) is 3.40. The zero-order valence-corrected chi connectivity index (χ0v) is 8.99. The number of hydrogen-bond donors (Lipinski definition) is 0. The van der Waals surface area contributed by atoms with Crippen LogP contribution in [-0.2, 0) is 11.2 Å². The van der Waals surface area contributed by atoms with Crippen LogP contribution in [0.1, 0.15) is 25.8 Å². The second-order valence-electron chi connectivity index (χ2n) is 3.10. The number of ketones is 1. The van der Waals surface area contributed by atoms with Gasteiger partial charge in [-0.05, 0) is 25.8 Å². The predicted molar refractivity (Wildman–Crippen MR) is 61.3 cm³/mol. The summed E-state index contributed by atoms with van der Waals surface area (Å²) in [4.78, 5) is 10.6. The number of allylic oxidation sites excluding steroid dienone is 1. The number of aryl methyl sites for hydroxylation is 1. The van der Waals surface area contributed by atoms with Gasteiger partial charge in [-0.15, -0.1) is 6.58 Å². The van der Waals surface area contributed by atoms with Crippen LogP contribution >= 0.6 is 0 Å². The van der Waals surface area contributed by atoms with Crippen molar-refractivity contribution in [1.29, 1.82) is 0 Å². The van der Waals surface area contributed by atoms with E-state index < -0.39 is 0 Å². The minimum Gasteiger partial charge on any atom is -0.300 e. The molecule has 0 saturated heterocycles. The first-order valence-corrected chi connectivity index (χ1v) is 4.81. The van der Waals surface area contributed by atoms with Crippen LogP contribution < -0.4 is 0 Å². The molecular formula is C13H18O. The van der Waals surface area contributed by atoms with Crippen molar-refractivity contribution in [2.75, 3.05) is 0 Å². The Balaban J connectivity index is 0.000000500. The molecule has 0 aliphatic heterocycles. The molecule has 0 unspecified atom stereocenters. The molecule has 0 amide bonds. The van der Waals surface area contributed by atoms with Gasteiger partial charge in [-0.2, -0.15) is 0 Å². The molecular weight excluding hydrogens is 172 g/mol. The van der Waals surface area contributed by atoms with E-state index in [2.05, 4.69) is 6.58 Å². The lowest BCUT2D eigenvalue weighted by molar-refractivity contribution is -0.116. The van der Waals surface area contributed by atoms with Crippen molar-refractivity contribution in [2.24, 2.45) is 0 Å². The summed E-state index contributed by atoms with van der Waals surface area (Å²) in [5.41, 5.74) is 1.24. The maximum Gasteiger partial charge on any atom is 0.130 e. The molecule has 0 heterocycles. The van der Waals surface area contributed by atoms with Gasteiger partial charge in [0.25, 0.3) is 0 Å². The molecule has 1 heteroatoms. The van der Waals surface area contributed by atoms with Crippen LogP contribution in [0.2, 0.25) is 0 Å². The first kappa shape index (κ1) is 12.6. The van der Waals surface area contributed by atoms with Crippen molar-refractivity contribution in [3.05, 3.63) is 48.6 Å². The van der Waals surface area contributed by atoms with E-state index >= 15 is 0 Å². The standard InChI is InChI=1S/C10H12O.C3H6/c1-9(11)7-8-10-5-3-2-4-6-10;1-3-2/h2-6H,7-8H2,1H3;3H,1H2,2H3. The quantitative estimate of drug-likeness (QED) is 0.668. The van der Waals surface area contributed by atoms with Crippen molar-refractivity contribution >= 4 is 5.78 Å².